The summed E-state index contributed by atoms with van der Waals surface area (Å²) in [5, 5.41) is 9.93. The number of thiophene rings is 1. The Morgan fingerprint density at radius 2 is 2.10 bits per heavy atom. The van der Waals surface area contributed by atoms with E-state index in [0.717, 1.165) is 42.0 Å². The van der Waals surface area contributed by atoms with E-state index in [4.69, 9.17) is 4.74 Å². The number of benzene rings is 1. The summed E-state index contributed by atoms with van der Waals surface area (Å²) >= 11 is 1.84. The number of hydrogen-bond acceptors (Lipinski definition) is 4. The summed E-state index contributed by atoms with van der Waals surface area (Å²) in [6, 6.07) is 6.21. The summed E-state index contributed by atoms with van der Waals surface area (Å²) in [4.78, 5) is 27.2. The van der Waals surface area contributed by atoms with Gasteiger partial charge in [0.2, 0.25) is 5.43 Å². The number of methoxy groups -OCH3 is 1. The zero-order valence-corrected chi connectivity index (χ0v) is 18.8. The van der Waals surface area contributed by atoms with Gasteiger partial charge in [0, 0.05) is 27.6 Å². The molecule has 2 aliphatic rings. The monoisotopic (exact) mass is 437 g/mol. The first-order valence-corrected chi connectivity index (χ1v) is 11.9. The number of fused-ring (bicyclic) bond motifs is 2. The second-order valence-corrected chi connectivity index (χ2v) is 9.95. The van der Waals surface area contributed by atoms with Crippen LogP contribution in [-0.2, 0) is 12.8 Å². The Hall–Kier alpha value is -2.60. The summed E-state index contributed by atoms with van der Waals surface area (Å²) in [7, 11) is 1.63. The van der Waals surface area contributed by atoms with E-state index in [1.807, 2.05) is 22.0 Å². The van der Waals surface area contributed by atoms with Gasteiger partial charge in [-0.1, -0.05) is 19.8 Å². The molecule has 0 spiro atoms. The number of aromatic carboxylic acids is 1. The second kappa shape index (κ2) is 7.83. The molecule has 5 rings (SSSR count). The van der Waals surface area contributed by atoms with E-state index < -0.39 is 11.4 Å². The van der Waals surface area contributed by atoms with Gasteiger partial charge < -0.3 is 14.4 Å². The molecule has 1 N–H and O–H groups in total. The summed E-state index contributed by atoms with van der Waals surface area (Å²) < 4.78 is 7.83. The SMILES string of the molecule is CCCC1CCc2cc(-c3ccc4c(=O)c(C(=O)O)cn(C5CC5)c4c3OC)sc2C1. The number of carboxylic acids is 1. The first-order chi connectivity index (χ1) is 15.0. The van der Waals surface area contributed by atoms with E-state index in [9.17, 15) is 14.7 Å². The van der Waals surface area contributed by atoms with Gasteiger partial charge in [-0.05, 0) is 61.8 Å². The van der Waals surface area contributed by atoms with Crippen molar-refractivity contribution < 1.29 is 14.6 Å². The normalized spacial score (nSPS) is 18.2. The van der Waals surface area contributed by atoms with Crippen LogP contribution in [0.4, 0.5) is 0 Å². The van der Waals surface area contributed by atoms with Crippen LogP contribution in [0.2, 0.25) is 0 Å². The van der Waals surface area contributed by atoms with Crippen LogP contribution in [0.25, 0.3) is 21.3 Å². The number of rotatable bonds is 6. The Kier molecular flexibility index (Phi) is 5.13. The molecule has 0 amide bonds. The molecular formula is C25H27NO4S. The van der Waals surface area contributed by atoms with Gasteiger partial charge >= 0.3 is 5.97 Å². The van der Waals surface area contributed by atoms with Crippen LogP contribution >= 0.6 is 11.3 Å². The Morgan fingerprint density at radius 1 is 1.29 bits per heavy atom. The minimum atomic E-state index is -1.18. The average molecular weight is 438 g/mol. The molecule has 1 unspecified atom stereocenters. The predicted octanol–water partition coefficient (Wildman–Crippen LogP) is 5.68. The Balaban J connectivity index is 1.68. The predicted molar refractivity (Wildman–Crippen MR) is 124 cm³/mol. The fraction of sp³-hybridized carbons (Fsp3) is 0.440. The molecule has 0 aliphatic heterocycles. The molecule has 0 bridgehead atoms. The third-order valence-corrected chi connectivity index (χ3v) is 7.91. The number of pyridine rings is 1. The summed E-state index contributed by atoms with van der Waals surface area (Å²) in [6.07, 6.45) is 9.52. The molecule has 2 aromatic heterocycles. The summed E-state index contributed by atoms with van der Waals surface area (Å²) in [5.74, 6) is 0.260. The van der Waals surface area contributed by atoms with Gasteiger partial charge in [0.15, 0.2) is 5.75 Å². The minimum absolute atomic E-state index is 0.178. The average Bonchev–Trinajstić information content (AvgIpc) is 3.51. The van der Waals surface area contributed by atoms with E-state index >= 15 is 0 Å². The van der Waals surface area contributed by atoms with Crippen molar-refractivity contribution in [2.75, 3.05) is 7.11 Å². The molecule has 2 heterocycles. The van der Waals surface area contributed by atoms with Crippen molar-refractivity contribution in [3.8, 4) is 16.2 Å². The number of carbonyl (C=O) groups is 1. The van der Waals surface area contributed by atoms with Gasteiger partial charge in [0.25, 0.3) is 0 Å². The molecular weight excluding hydrogens is 410 g/mol. The highest BCUT2D eigenvalue weighted by molar-refractivity contribution is 7.15. The van der Waals surface area contributed by atoms with Crippen LogP contribution in [0.3, 0.4) is 0 Å². The zero-order chi connectivity index (χ0) is 21.7. The highest BCUT2D eigenvalue weighted by atomic mass is 32.1. The van der Waals surface area contributed by atoms with Gasteiger partial charge in [0.1, 0.15) is 5.56 Å². The van der Waals surface area contributed by atoms with Crippen LogP contribution in [0.15, 0.2) is 29.2 Å². The molecule has 3 aromatic rings. The highest BCUT2D eigenvalue weighted by Crippen LogP contribution is 2.45. The number of nitrogens with zero attached hydrogens (tertiary/aromatic N) is 1. The topological polar surface area (TPSA) is 68.5 Å². The van der Waals surface area contributed by atoms with Gasteiger partial charge in [-0.3, -0.25) is 4.79 Å². The van der Waals surface area contributed by atoms with Crippen molar-refractivity contribution in [1.82, 2.24) is 4.57 Å². The van der Waals surface area contributed by atoms with Crippen LogP contribution in [0.5, 0.6) is 5.75 Å². The number of carboxylic acid groups (broad SMARTS) is 1. The van der Waals surface area contributed by atoms with Gasteiger partial charge in [-0.2, -0.15) is 0 Å². The number of ether oxygens (including phenoxy) is 1. The smallest absolute Gasteiger partial charge is 0.341 e. The van der Waals surface area contributed by atoms with Crippen molar-refractivity contribution >= 4 is 28.2 Å². The first-order valence-electron chi connectivity index (χ1n) is 11.1. The summed E-state index contributed by atoms with van der Waals surface area (Å²) in [5.41, 5.74) is 2.52. The van der Waals surface area contributed by atoms with E-state index in [-0.39, 0.29) is 11.6 Å². The molecule has 2 aliphatic carbocycles. The highest BCUT2D eigenvalue weighted by Gasteiger charge is 2.30. The molecule has 5 nitrogen and oxygen atoms in total. The Labute approximate surface area is 185 Å². The van der Waals surface area contributed by atoms with Gasteiger partial charge in [0.05, 0.1) is 18.0 Å². The van der Waals surface area contributed by atoms with Crippen molar-refractivity contribution in [3.63, 3.8) is 0 Å². The lowest BCUT2D eigenvalue weighted by molar-refractivity contribution is 0.0695. The maximum absolute atomic E-state index is 12.9. The molecule has 162 valence electrons. The Morgan fingerprint density at radius 3 is 2.77 bits per heavy atom. The lowest BCUT2D eigenvalue weighted by Crippen LogP contribution is -2.19. The quantitative estimate of drug-likeness (QED) is 0.539. The standard InChI is InChI=1S/C25H27NO4S/c1-3-4-14-5-6-15-12-21(31-20(15)11-14)17-9-10-18-22(24(17)30-2)26(16-7-8-16)13-19(23(18)27)25(28)29/h9-10,12-14,16H,3-8,11H2,1-2H3,(H,28,29). The first kappa shape index (κ1) is 20.3. The molecule has 1 aromatic carbocycles. The Bertz CT molecular complexity index is 1230. The maximum Gasteiger partial charge on any atom is 0.341 e. The minimum Gasteiger partial charge on any atom is -0.494 e. The molecule has 1 saturated carbocycles. The van der Waals surface area contributed by atoms with Crippen molar-refractivity contribution in [2.24, 2.45) is 5.92 Å². The third-order valence-electron chi connectivity index (χ3n) is 6.68. The van der Waals surface area contributed by atoms with Crippen LogP contribution in [0, 0.1) is 5.92 Å². The fourth-order valence-electron chi connectivity index (χ4n) is 4.97. The van der Waals surface area contributed by atoms with Crippen molar-refractivity contribution in [2.45, 2.75) is 57.9 Å². The molecule has 0 saturated heterocycles. The van der Waals surface area contributed by atoms with Crippen molar-refractivity contribution in [3.05, 3.63) is 50.6 Å². The maximum atomic E-state index is 12.9. The number of hydrogen-bond donors (Lipinski definition) is 1. The zero-order valence-electron chi connectivity index (χ0n) is 17.9. The van der Waals surface area contributed by atoms with E-state index in [1.165, 1.54) is 35.9 Å². The van der Waals surface area contributed by atoms with E-state index in [0.29, 0.717) is 16.7 Å². The number of aromatic nitrogens is 1. The fourth-order valence-corrected chi connectivity index (χ4v) is 6.32. The molecule has 31 heavy (non-hydrogen) atoms. The van der Waals surface area contributed by atoms with Crippen LogP contribution in [0.1, 0.15) is 65.9 Å². The van der Waals surface area contributed by atoms with Crippen molar-refractivity contribution in [1.29, 1.82) is 0 Å². The van der Waals surface area contributed by atoms with E-state index in [2.05, 4.69) is 13.0 Å². The molecule has 6 heteroatoms. The van der Waals surface area contributed by atoms with Gasteiger partial charge in [-0.25, -0.2) is 4.79 Å². The van der Waals surface area contributed by atoms with Gasteiger partial charge in [-0.15, -0.1) is 11.3 Å². The largest absolute Gasteiger partial charge is 0.494 e. The number of aryl methyl sites for hydroxylation is 1. The van der Waals surface area contributed by atoms with Crippen LogP contribution < -0.4 is 10.2 Å². The van der Waals surface area contributed by atoms with Crippen LogP contribution in [-0.4, -0.2) is 22.8 Å². The molecule has 1 fully saturated rings. The summed E-state index contributed by atoms with van der Waals surface area (Å²) in [6.45, 7) is 2.25. The molecule has 0 radical (unpaired) electrons. The van der Waals surface area contributed by atoms with E-state index in [1.54, 1.807) is 13.2 Å². The lowest BCUT2D eigenvalue weighted by atomic mass is 9.86. The second-order valence-electron chi connectivity index (χ2n) is 8.81. The molecule has 1 atom stereocenters. The lowest BCUT2D eigenvalue weighted by Gasteiger charge is -2.21. The third kappa shape index (κ3) is 3.47.